The lowest BCUT2D eigenvalue weighted by atomic mass is 10.1. The summed E-state index contributed by atoms with van der Waals surface area (Å²) in [4.78, 5) is 32.9. The van der Waals surface area contributed by atoms with Gasteiger partial charge in [-0.25, -0.2) is 28.3 Å². The number of methoxy groups -OCH3 is 2. The van der Waals surface area contributed by atoms with Crippen LogP contribution in [0.2, 0.25) is 0 Å². The maximum absolute atomic E-state index is 15.5. The van der Waals surface area contributed by atoms with Gasteiger partial charge >= 0.3 is 11.9 Å². The number of aromatic nitrogens is 3. The number of carboxylic acids is 1. The van der Waals surface area contributed by atoms with Crippen molar-refractivity contribution in [3.63, 3.8) is 0 Å². The number of fused-ring (bicyclic) bond motifs is 1. The highest BCUT2D eigenvalue weighted by atomic mass is 19.1. The number of carboxylic acid groups (broad SMARTS) is 1. The Hall–Kier alpha value is -5.67. The molecule has 0 amide bonds. The first-order valence-electron chi connectivity index (χ1n) is 13.6. The van der Waals surface area contributed by atoms with Crippen LogP contribution in [0.3, 0.4) is 0 Å². The molecule has 0 unspecified atom stereocenters. The number of carbonyl (C=O) groups is 2. The summed E-state index contributed by atoms with van der Waals surface area (Å²) in [6, 6.07) is 20.2. The van der Waals surface area contributed by atoms with Gasteiger partial charge in [0.15, 0.2) is 6.10 Å². The molecule has 0 bridgehead atoms. The van der Waals surface area contributed by atoms with Crippen LogP contribution >= 0.6 is 0 Å². The van der Waals surface area contributed by atoms with E-state index in [0.29, 0.717) is 28.1 Å². The van der Waals surface area contributed by atoms with Gasteiger partial charge in [-0.2, -0.15) is 5.26 Å². The van der Waals surface area contributed by atoms with Gasteiger partial charge < -0.3 is 23.9 Å². The fraction of sp³-hybridized carbons (Fsp3) is 0.182. The Bertz CT molecular complexity index is 1950. The van der Waals surface area contributed by atoms with E-state index in [1.165, 1.54) is 32.4 Å². The molecule has 3 aromatic carbocycles. The average Bonchev–Trinajstić information content (AvgIpc) is 3.39. The third kappa shape index (κ3) is 6.79. The van der Waals surface area contributed by atoms with Gasteiger partial charge in [0.2, 0.25) is 5.88 Å². The van der Waals surface area contributed by atoms with Crippen LogP contribution in [0.5, 0.6) is 5.88 Å². The summed E-state index contributed by atoms with van der Waals surface area (Å²) in [7, 11) is 2.53. The molecular formula is C33H26F2N4O6. The molecule has 2 aromatic heterocycles. The van der Waals surface area contributed by atoms with E-state index in [1.807, 2.05) is 6.07 Å². The zero-order chi connectivity index (χ0) is 32.1. The maximum Gasteiger partial charge on any atom is 0.337 e. The number of esters is 1. The highest BCUT2D eigenvalue weighted by Gasteiger charge is 2.23. The van der Waals surface area contributed by atoms with Crippen LogP contribution in [0.15, 0.2) is 72.8 Å². The van der Waals surface area contributed by atoms with Crippen molar-refractivity contribution in [2.45, 2.75) is 25.7 Å². The lowest BCUT2D eigenvalue weighted by molar-refractivity contribution is -0.149. The van der Waals surface area contributed by atoms with E-state index in [0.717, 1.165) is 6.07 Å². The molecule has 0 fully saturated rings. The van der Waals surface area contributed by atoms with Crippen molar-refractivity contribution in [1.29, 1.82) is 5.26 Å². The summed E-state index contributed by atoms with van der Waals surface area (Å²) in [6.07, 6.45) is -1.21. The molecule has 2 heterocycles. The number of halogens is 2. The normalized spacial score (nSPS) is 11.6. The maximum atomic E-state index is 15.5. The SMILES string of the molecule is COC(=O)c1ccc2nc(Cc3ccc(-c4cccc(OCc5ccc(C#N)cc5F)n4)cc3F)n(C[C@H](OC)C(=O)O)c2c1. The van der Waals surface area contributed by atoms with Crippen LogP contribution in [0.4, 0.5) is 8.78 Å². The van der Waals surface area contributed by atoms with E-state index >= 15 is 4.39 Å². The fourth-order valence-electron chi connectivity index (χ4n) is 4.74. The Labute approximate surface area is 256 Å². The number of pyridine rings is 1. The van der Waals surface area contributed by atoms with E-state index in [1.54, 1.807) is 53.1 Å². The van der Waals surface area contributed by atoms with Crippen molar-refractivity contribution in [1.82, 2.24) is 14.5 Å². The number of ether oxygens (including phenoxy) is 3. The fourth-order valence-corrected chi connectivity index (χ4v) is 4.74. The van der Waals surface area contributed by atoms with E-state index < -0.39 is 29.7 Å². The topological polar surface area (TPSA) is 137 Å². The molecule has 0 aliphatic heterocycles. The second-order valence-electron chi connectivity index (χ2n) is 9.95. The first-order chi connectivity index (χ1) is 21.7. The average molecular weight is 613 g/mol. The van der Waals surface area contributed by atoms with Crippen LogP contribution in [-0.2, 0) is 33.8 Å². The third-order valence-electron chi connectivity index (χ3n) is 7.14. The van der Waals surface area contributed by atoms with E-state index in [4.69, 9.17) is 19.5 Å². The molecule has 1 atom stereocenters. The number of nitrogens with zero attached hydrogens (tertiary/aromatic N) is 4. The Morgan fingerprint density at radius 2 is 1.76 bits per heavy atom. The summed E-state index contributed by atoms with van der Waals surface area (Å²) in [5, 5.41) is 18.5. The molecule has 5 rings (SSSR count). The summed E-state index contributed by atoms with van der Waals surface area (Å²) in [5.74, 6) is -2.31. The summed E-state index contributed by atoms with van der Waals surface area (Å²) in [6.45, 7) is -0.250. The van der Waals surface area contributed by atoms with E-state index in [9.17, 15) is 19.1 Å². The van der Waals surface area contributed by atoms with Crippen molar-refractivity contribution in [3.05, 3.63) is 113 Å². The second kappa shape index (κ2) is 13.3. The quantitative estimate of drug-likeness (QED) is 0.197. The number of hydrogen-bond donors (Lipinski definition) is 1. The number of nitriles is 1. The van der Waals surface area contributed by atoms with Crippen LogP contribution < -0.4 is 4.74 Å². The van der Waals surface area contributed by atoms with Crippen LogP contribution in [0.25, 0.3) is 22.3 Å². The zero-order valence-electron chi connectivity index (χ0n) is 24.2. The number of carbonyl (C=O) groups excluding carboxylic acids is 1. The molecule has 228 valence electrons. The lowest BCUT2D eigenvalue weighted by Crippen LogP contribution is -2.28. The van der Waals surface area contributed by atoms with Gasteiger partial charge in [0.1, 0.15) is 24.1 Å². The molecule has 10 nitrogen and oxygen atoms in total. The second-order valence-corrected chi connectivity index (χ2v) is 9.95. The van der Waals surface area contributed by atoms with Crippen molar-refractivity contribution in [2.75, 3.05) is 14.2 Å². The van der Waals surface area contributed by atoms with Gasteiger partial charge in [-0.15, -0.1) is 0 Å². The minimum atomic E-state index is -1.22. The van der Waals surface area contributed by atoms with Crippen LogP contribution in [-0.4, -0.2) is 51.9 Å². The molecule has 0 aliphatic rings. The smallest absolute Gasteiger partial charge is 0.337 e. The Balaban J connectivity index is 1.40. The van der Waals surface area contributed by atoms with Gasteiger partial charge in [0, 0.05) is 30.7 Å². The summed E-state index contributed by atoms with van der Waals surface area (Å²) < 4.78 is 46.9. The number of benzene rings is 3. The molecule has 0 spiro atoms. The van der Waals surface area contributed by atoms with Gasteiger partial charge in [-0.05, 0) is 48.0 Å². The molecule has 45 heavy (non-hydrogen) atoms. The van der Waals surface area contributed by atoms with Crippen molar-refractivity contribution >= 4 is 23.0 Å². The minimum Gasteiger partial charge on any atom is -0.479 e. The molecule has 0 saturated carbocycles. The Kier molecular flexibility index (Phi) is 9.11. The van der Waals surface area contributed by atoms with Crippen molar-refractivity contribution in [3.8, 4) is 23.2 Å². The highest BCUT2D eigenvalue weighted by molar-refractivity contribution is 5.93. The molecule has 0 aliphatic carbocycles. The third-order valence-corrected chi connectivity index (χ3v) is 7.14. The van der Waals surface area contributed by atoms with Gasteiger partial charge in [0.25, 0.3) is 0 Å². The largest absolute Gasteiger partial charge is 0.479 e. The van der Waals surface area contributed by atoms with Crippen molar-refractivity contribution in [2.24, 2.45) is 0 Å². The predicted octanol–water partition coefficient (Wildman–Crippen LogP) is 5.30. The molecule has 0 saturated heterocycles. The first kappa shape index (κ1) is 30.8. The standard InChI is InChI=1S/C33H26F2N4O6/c1-43-29(32(40)41)17-39-28-14-22(33(42)44-2)10-11-27(28)37-30(39)15-20-8-9-21(13-25(20)35)26-4-3-5-31(38-26)45-18-23-7-6-19(16-36)12-24(23)34/h3-14,29H,15,17-18H2,1-2H3,(H,40,41)/t29-/m0/s1. The van der Waals surface area contributed by atoms with Gasteiger partial charge in [0.05, 0.1) is 47.6 Å². The van der Waals surface area contributed by atoms with Crippen LogP contribution in [0, 0.1) is 23.0 Å². The lowest BCUT2D eigenvalue weighted by Gasteiger charge is -2.15. The minimum absolute atomic E-state index is 0.0111. The van der Waals surface area contributed by atoms with E-state index in [-0.39, 0.29) is 47.7 Å². The van der Waals surface area contributed by atoms with E-state index in [2.05, 4.69) is 9.97 Å². The predicted molar refractivity (Wildman–Crippen MR) is 157 cm³/mol. The number of imidazole rings is 1. The Morgan fingerprint density at radius 1 is 0.978 bits per heavy atom. The number of hydrogen-bond acceptors (Lipinski definition) is 8. The molecule has 12 heteroatoms. The first-order valence-corrected chi connectivity index (χ1v) is 13.6. The number of aliphatic carboxylic acids is 1. The summed E-state index contributed by atoms with van der Waals surface area (Å²) >= 11 is 0. The molecular weight excluding hydrogens is 586 g/mol. The van der Waals surface area contributed by atoms with Crippen molar-refractivity contribution < 1.29 is 37.7 Å². The highest BCUT2D eigenvalue weighted by Crippen LogP contribution is 2.26. The summed E-state index contributed by atoms with van der Waals surface area (Å²) in [5.41, 5.74) is 2.83. The monoisotopic (exact) mass is 612 g/mol. The Morgan fingerprint density at radius 3 is 2.44 bits per heavy atom. The zero-order valence-corrected chi connectivity index (χ0v) is 24.2. The van der Waals surface area contributed by atoms with Gasteiger partial charge in [-0.1, -0.05) is 24.3 Å². The van der Waals surface area contributed by atoms with Gasteiger partial charge in [-0.3, -0.25) is 0 Å². The molecule has 5 aromatic rings. The number of rotatable bonds is 11. The molecule has 1 N–H and O–H groups in total. The van der Waals surface area contributed by atoms with Crippen LogP contribution in [0.1, 0.15) is 32.9 Å². The molecule has 0 radical (unpaired) electrons.